The van der Waals surface area contributed by atoms with Crippen LogP contribution in [-0.4, -0.2) is 30.0 Å². The second-order valence-corrected chi connectivity index (χ2v) is 6.95. The van der Waals surface area contributed by atoms with E-state index in [1.54, 1.807) is 0 Å². The third-order valence-corrected chi connectivity index (χ3v) is 5.14. The van der Waals surface area contributed by atoms with Crippen molar-refractivity contribution >= 4 is 37.5 Å². The van der Waals surface area contributed by atoms with Crippen LogP contribution in [0.4, 0.5) is 0 Å². The summed E-state index contributed by atoms with van der Waals surface area (Å²) in [4.78, 5) is 7.20. The summed E-state index contributed by atoms with van der Waals surface area (Å²) < 4.78 is 2.41. The van der Waals surface area contributed by atoms with Crippen LogP contribution in [0.15, 0.2) is 22.7 Å². The molecule has 90 valence electrons. The van der Waals surface area contributed by atoms with Crippen molar-refractivity contribution in [1.29, 1.82) is 0 Å². The van der Waals surface area contributed by atoms with Gasteiger partial charge in [-0.15, -0.1) is 11.3 Å². The molecule has 2 heterocycles. The fourth-order valence-corrected chi connectivity index (χ4v) is 4.13. The van der Waals surface area contributed by atoms with Gasteiger partial charge < -0.3 is 4.90 Å². The van der Waals surface area contributed by atoms with Gasteiger partial charge in [0.1, 0.15) is 0 Å². The highest BCUT2D eigenvalue weighted by Crippen LogP contribution is 2.36. The number of benzene rings is 1. The van der Waals surface area contributed by atoms with Gasteiger partial charge in [-0.3, -0.25) is 0 Å². The van der Waals surface area contributed by atoms with E-state index >= 15 is 0 Å². The number of hydrogen-bond acceptors (Lipinski definition) is 3. The Morgan fingerprint density at radius 3 is 2.94 bits per heavy atom. The normalized spacial score (nSPS) is 25.8. The van der Waals surface area contributed by atoms with E-state index in [4.69, 9.17) is 4.98 Å². The molecule has 17 heavy (non-hydrogen) atoms. The highest BCUT2D eigenvalue weighted by Gasteiger charge is 2.30. The fraction of sp³-hybridized carbons (Fsp3) is 0.462. The summed E-state index contributed by atoms with van der Waals surface area (Å²) in [6.07, 6.45) is 0. The molecule has 1 aromatic heterocycles. The minimum atomic E-state index is 0.608. The van der Waals surface area contributed by atoms with E-state index in [1.807, 2.05) is 11.3 Å². The Labute approximate surface area is 114 Å². The summed E-state index contributed by atoms with van der Waals surface area (Å²) in [6.45, 7) is 4.66. The quantitative estimate of drug-likeness (QED) is 0.798. The summed E-state index contributed by atoms with van der Waals surface area (Å²) in [6, 6.07) is 6.36. The average molecular weight is 311 g/mol. The number of rotatable bonds is 1. The van der Waals surface area contributed by atoms with E-state index in [0.29, 0.717) is 11.8 Å². The molecule has 0 bridgehead atoms. The van der Waals surface area contributed by atoms with Gasteiger partial charge in [-0.05, 0) is 31.2 Å². The van der Waals surface area contributed by atoms with Crippen molar-refractivity contribution < 1.29 is 0 Å². The molecule has 1 fully saturated rings. The smallest absolute Gasteiger partial charge is 0.0985 e. The van der Waals surface area contributed by atoms with Crippen LogP contribution >= 0.6 is 27.3 Å². The van der Waals surface area contributed by atoms with Gasteiger partial charge in [0.25, 0.3) is 0 Å². The number of halogens is 1. The van der Waals surface area contributed by atoms with E-state index < -0.39 is 0 Å². The zero-order chi connectivity index (χ0) is 12.0. The van der Waals surface area contributed by atoms with E-state index in [9.17, 15) is 0 Å². The Morgan fingerprint density at radius 2 is 2.24 bits per heavy atom. The van der Waals surface area contributed by atoms with Gasteiger partial charge in [0, 0.05) is 23.5 Å². The Kier molecular flexibility index (Phi) is 2.97. The van der Waals surface area contributed by atoms with Crippen molar-refractivity contribution in [3.63, 3.8) is 0 Å². The van der Waals surface area contributed by atoms with Crippen LogP contribution in [0.3, 0.4) is 0 Å². The monoisotopic (exact) mass is 310 g/mol. The second-order valence-electron chi connectivity index (χ2n) is 4.97. The number of hydrogen-bond donors (Lipinski definition) is 0. The maximum absolute atomic E-state index is 4.80. The number of aromatic nitrogens is 1. The first-order valence-corrected chi connectivity index (χ1v) is 7.49. The highest BCUT2D eigenvalue weighted by atomic mass is 79.9. The molecule has 4 heteroatoms. The minimum absolute atomic E-state index is 0.608. The number of likely N-dealkylation sites (tertiary alicyclic amines) is 1. The molecule has 0 N–H and O–H groups in total. The lowest BCUT2D eigenvalue weighted by Gasteiger charge is -2.09. The van der Waals surface area contributed by atoms with Crippen molar-refractivity contribution in [3.8, 4) is 0 Å². The predicted molar refractivity (Wildman–Crippen MR) is 76.7 cm³/mol. The van der Waals surface area contributed by atoms with E-state index in [0.717, 1.165) is 16.5 Å². The summed E-state index contributed by atoms with van der Waals surface area (Å²) in [5.74, 6) is 1.32. The number of thiazole rings is 1. The number of fused-ring (bicyclic) bond motifs is 1. The Hall–Kier alpha value is -0.450. The molecule has 1 aromatic carbocycles. The molecule has 2 unspecified atom stereocenters. The largest absolute Gasteiger partial charge is 0.305 e. The van der Waals surface area contributed by atoms with Crippen molar-refractivity contribution in [1.82, 2.24) is 9.88 Å². The first-order valence-electron chi connectivity index (χ1n) is 5.88. The Bertz CT molecular complexity index is 551. The third-order valence-electron chi connectivity index (χ3n) is 3.48. The number of nitrogens with zero attached hydrogens (tertiary/aromatic N) is 2. The lowest BCUT2D eigenvalue weighted by Crippen LogP contribution is -2.13. The van der Waals surface area contributed by atoms with Crippen LogP contribution in [0, 0.1) is 5.92 Å². The second kappa shape index (κ2) is 4.34. The third kappa shape index (κ3) is 2.14. The highest BCUT2D eigenvalue weighted by molar-refractivity contribution is 9.10. The van der Waals surface area contributed by atoms with E-state index in [1.165, 1.54) is 16.3 Å². The van der Waals surface area contributed by atoms with Gasteiger partial charge in [0.05, 0.1) is 15.2 Å². The van der Waals surface area contributed by atoms with Crippen LogP contribution in [0.5, 0.6) is 0 Å². The van der Waals surface area contributed by atoms with Crippen LogP contribution in [-0.2, 0) is 0 Å². The summed E-state index contributed by atoms with van der Waals surface area (Å²) in [5.41, 5.74) is 1.13. The molecule has 2 atom stereocenters. The maximum Gasteiger partial charge on any atom is 0.0985 e. The van der Waals surface area contributed by atoms with Crippen LogP contribution in [0.2, 0.25) is 0 Å². The van der Waals surface area contributed by atoms with Crippen LogP contribution in [0.25, 0.3) is 10.2 Å². The molecule has 1 saturated heterocycles. The van der Waals surface area contributed by atoms with Crippen molar-refractivity contribution in [2.45, 2.75) is 12.8 Å². The molecule has 2 nitrogen and oxygen atoms in total. The van der Waals surface area contributed by atoms with Crippen molar-refractivity contribution in [2.75, 3.05) is 20.1 Å². The predicted octanol–water partition coefficient (Wildman–Crippen LogP) is 3.72. The van der Waals surface area contributed by atoms with Crippen LogP contribution in [0.1, 0.15) is 17.8 Å². The molecule has 0 saturated carbocycles. The zero-order valence-corrected chi connectivity index (χ0v) is 12.4. The maximum atomic E-state index is 4.80. The molecule has 0 amide bonds. The topological polar surface area (TPSA) is 16.1 Å². The summed E-state index contributed by atoms with van der Waals surface area (Å²) in [7, 11) is 2.19. The molecule has 3 rings (SSSR count). The molecule has 1 aliphatic rings. The lowest BCUT2D eigenvalue weighted by atomic mass is 9.99. The molecule has 0 spiro atoms. The van der Waals surface area contributed by atoms with Crippen LogP contribution < -0.4 is 0 Å². The molecular formula is C13H15BrN2S. The van der Waals surface area contributed by atoms with E-state index in [-0.39, 0.29) is 0 Å². The molecule has 2 aromatic rings. The van der Waals surface area contributed by atoms with Gasteiger partial charge in [0.2, 0.25) is 0 Å². The zero-order valence-electron chi connectivity index (χ0n) is 9.98. The minimum Gasteiger partial charge on any atom is -0.305 e. The first-order chi connectivity index (χ1) is 8.13. The SMILES string of the molecule is CC1CN(C)CC1c1nc2cc(Br)ccc2s1. The fourth-order valence-electron chi connectivity index (χ4n) is 2.61. The van der Waals surface area contributed by atoms with Gasteiger partial charge in [-0.2, -0.15) is 0 Å². The van der Waals surface area contributed by atoms with Gasteiger partial charge in [0.15, 0.2) is 0 Å². The standard InChI is InChI=1S/C13H15BrN2S/c1-8-6-16(2)7-10(8)13-15-11-5-9(14)3-4-12(11)17-13/h3-5,8,10H,6-7H2,1-2H3. The van der Waals surface area contributed by atoms with Gasteiger partial charge in [-0.1, -0.05) is 22.9 Å². The van der Waals surface area contributed by atoms with Crippen molar-refractivity contribution in [3.05, 3.63) is 27.7 Å². The molecular weight excluding hydrogens is 296 g/mol. The summed E-state index contributed by atoms with van der Waals surface area (Å²) in [5, 5.41) is 1.30. The number of likely N-dealkylation sites (N-methyl/N-ethyl adjacent to an activating group) is 1. The van der Waals surface area contributed by atoms with E-state index in [2.05, 4.69) is 53.0 Å². The first kappa shape index (κ1) is 11.6. The molecule has 1 aliphatic heterocycles. The lowest BCUT2D eigenvalue weighted by molar-refractivity contribution is 0.401. The Morgan fingerprint density at radius 1 is 1.41 bits per heavy atom. The van der Waals surface area contributed by atoms with Gasteiger partial charge >= 0.3 is 0 Å². The van der Waals surface area contributed by atoms with Crippen molar-refractivity contribution in [2.24, 2.45) is 5.92 Å². The average Bonchev–Trinajstić information content (AvgIpc) is 2.80. The summed E-state index contributed by atoms with van der Waals surface area (Å²) >= 11 is 5.35. The molecule has 0 aliphatic carbocycles. The van der Waals surface area contributed by atoms with Gasteiger partial charge in [-0.25, -0.2) is 4.98 Å². The Balaban J connectivity index is 2.01. The molecule has 0 radical (unpaired) electrons.